The first-order valence-electron chi connectivity index (χ1n) is 4.98. The molecule has 3 nitrogen and oxygen atoms in total. The lowest BCUT2D eigenvalue weighted by Gasteiger charge is -2.16. The number of hydrogen-bond acceptors (Lipinski definition) is 3. The number of phenols is 1. The molecule has 1 unspecified atom stereocenters. The topological polar surface area (TPSA) is 41.5 Å². The summed E-state index contributed by atoms with van der Waals surface area (Å²) in [6.45, 7) is 2.52. The zero-order valence-electron chi connectivity index (χ0n) is 8.07. The summed E-state index contributed by atoms with van der Waals surface area (Å²) < 4.78 is 5.65. The van der Waals surface area contributed by atoms with Crippen LogP contribution in [0.3, 0.4) is 0 Å². The molecule has 2 N–H and O–H groups in total. The Bertz CT molecular complexity index is 293. The van der Waals surface area contributed by atoms with Crippen molar-refractivity contribution >= 4 is 0 Å². The second-order valence-electron chi connectivity index (χ2n) is 3.48. The molecule has 14 heavy (non-hydrogen) atoms. The maximum atomic E-state index is 9.65. The highest BCUT2D eigenvalue weighted by molar-refractivity contribution is 5.34. The van der Waals surface area contributed by atoms with Crippen LogP contribution in [0.5, 0.6) is 5.75 Å². The third-order valence-corrected chi connectivity index (χ3v) is 2.43. The summed E-state index contributed by atoms with van der Waals surface area (Å²) in [5.41, 5.74) is 0.877. The molecule has 1 aromatic carbocycles. The number of ether oxygens (including phenoxy) is 1. The first-order valence-corrected chi connectivity index (χ1v) is 4.98. The molecule has 0 amide bonds. The number of hydrogen-bond donors (Lipinski definition) is 2. The van der Waals surface area contributed by atoms with Gasteiger partial charge in [0.25, 0.3) is 0 Å². The van der Waals surface area contributed by atoms with Crippen molar-refractivity contribution in [2.45, 2.75) is 12.5 Å². The Balaban J connectivity index is 2.16. The van der Waals surface area contributed by atoms with Gasteiger partial charge in [0.15, 0.2) is 0 Å². The van der Waals surface area contributed by atoms with E-state index in [1.807, 2.05) is 18.2 Å². The molecule has 0 radical (unpaired) electrons. The minimum Gasteiger partial charge on any atom is -0.508 e. The molecule has 0 aliphatic carbocycles. The molecule has 3 heteroatoms. The Morgan fingerprint density at radius 3 is 3.07 bits per heavy atom. The second-order valence-corrected chi connectivity index (χ2v) is 3.48. The predicted molar refractivity (Wildman–Crippen MR) is 54.3 cm³/mol. The Labute approximate surface area is 83.7 Å². The van der Waals surface area contributed by atoms with Gasteiger partial charge in [-0.1, -0.05) is 18.2 Å². The fraction of sp³-hybridized carbons (Fsp3) is 0.455. The molecule has 1 fully saturated rings. The quantitative estimate of drug-likeness (QED) is 0.709. The van der Waals surface area contributed by atoms with Crippen molar-refractivity contribution in [1.82, 2.24) is 5.32 Å². The largest absolute Gasteiger partial charge is 0.508 e. The Morgan fingerprint density at radius 2 is 2.21 bits per heavy atom. The monoisotopic (exact) mass is 193 g/mol. The normalized spacial score (nSPS) is 23.0. The zero-order valence-corrected chi connectivity index (χ0v) is 8.07. The van der Waals surface area contributed by atoms with Crippen LogP contribution in [-0.4, -0.2) is 24.8 Å². The number of aromatic hydroxyl groups is 1. The lowest BCUT2D eigenvalue weighted by Crippen LogP contribution is -2.20. The molecule has 1 atom stereocenters. The van der Waals surface area contributed by atoms with Gasteiger partial charge in [0.2, 0.25) is 0 Å². The van der Waals surface area contributed by atoms with Gasteiger partial charge in [0.1, 0.15) is 5.75 Å². The van der Waals surface area contributed by atoms with Gasteiger partial charge in [-0.25, -0.2) is 0 Å². The number of benzene rings is 1. The van der Waals surface area contributed by atoms with E-state index < -0.39 is 0 Å². The van der Waals surface area contributed by atoms with Gasteiger partial charge in [-0.15, -0.1) is 0 Å². The molecule has 1 aliphatic heterocycles. The van der Waals surface area contributed by atoms with Crippen LogP contribution in [0.4, 0.5) is 0 Å². The van der Waals surface area contributed by atoms with E-state index in [-0.39, 0.29) is 6.10 Å². The van der Waals surface area contributed by atoms with Crippen molar-refractivity contribution in [2.75, 3.05) is 19.7 Å². The summed E-state index contributed by atoms with van der Waals surface area (Å²) >= 11 is 0. The molecule has 76 valence electrons. The molecular formula is C11H15NO2. The van der Waals surface area contributed by atoms with Crippen LogP contribution in [0.25, 0.3) is 0 Å². The van der Waals surface area contributed by atoms with Crippen LogP contribution in [0.2, 0.25) is 0 Å². The molecular weight excluding hydrogens is 178 g/mol. The molecule has 1 heterocycles. The molecule has 2 rings (SSSR count). The van der Waals surface area contributed by atoms with Gasteiger partial charge in [-0.3, -0.25) is 0 Å². The molecule has 0 saturated carbocycles. The van der Waals surface area contributed by atoms with Gasteiger partial charge in [0, 0.05) is 18.7 Å². The van der Waals surface area contributed by atoms with E-state index >= 15 is 0 Å². The average Bonchev–Trinajstić information content (AvgIpc) is 2.47. The molecule has 0 spiro atoms. The van der Waals surface area contributed by atoms with Crippen molar-refractivity contribution in [3.05, 3.63) is 29.8 Å². The van der Waals surface area contributed by atoms with E-state index in [9.17, 15) is 5.11 Å². The molecule has 1 aromatic rings. The van der Waals surface area contributed by atoms with E-state index in [0.717, 1.165) is 31.7 Å². The Hall–Kier alpha value is -1.06. The first-order chi connectivity index (χ1) is 6.88. The summed E-state index contributed by atoms with van der Waals surface area (Å²) in [4.78, 5) is 0. The van der Waals surface area contributed by atoms with E-state index in [0.29, 0.717) is 5.75 Å². The van der Waals surface area contributed by atoms with Gasteiger partial charge >= 0.3 is 0 Å². The maximum absolute atomic E-state index is 9.65. The van der Waals surface area contributed by atoms with Crippen molar-refractivity contribution in [1.29, 1.82) is 0 Å². The van der Waals surface area contributed by atoms with Gasteiger partial charge in [-0.05, 0) is 19.0 Å². The summed E-state index contributed by atoms with van der Waals surface area (Å²) in [7, 11) is 0. The van der Waals surface area contributed by atoms with E-state index in [2.05, 4.69) is 5.32 Å². The van der Waals surface area contributed by atoms with Crippen LogP contribution in [0.1, 0.15) is 18.1 Å². The van der Waals surface area contributed by atoms with Gasteiger partial charge < -0.3 is 15.2 Å². The third-order valence-electron chi connectivity index (χ3n) is 2.43. The summed E-state index contributed by atoms with van der Waals surface area (Å²) in [6.07, 6.45) is 1.02. The second kappa shape index (κ2) is 4.44. The highest BCUT2D eigenvalue weighted by Crippen LogP contribution is 2.26. The van der Waals surface area contributed by atoms with E-state index in [1.54, 1.807) is 6.07 Å². The van der Waals surface area contributed by atoms with Crippen LogP contribution in [0.15, 0.2) is 24.3 Å². The molecule has 0 aromatic heterocycles. The Kier molecular flexibility index (Phi) is 3.01. The van der Waals surface area contributed by atoms with Crippen LogP contribution >= 0.6 is 0 Å². The first kappa shape index (κ1) is 9.49. The number of rotatable bonds is 1. The van der Waals surface area contributed by atoms with E-state index in [1.165, 1.54) is 0 Å². The lowest BCUT2D eigenvalue weighted by atomic mass is 10.1. The zero-order chi connectivity index (χ0) is 9.80. The standard InChI is InChI=1S/C11H15NO2/c13-10-5-2-1-4-9(10)11-8-12-6-3-7-14-11/h1-2,4-5,11-13H,3,6-8H2. The predicted octanol–water partition coefficient (Wildman–Crippen LogP) is 1.44. The van der Waals surface area contributed by atoms with Gasteiger partial charge in [-0.2, -0.15) is 0 Å². The van der Waals surface area contributed by atoms with Crippen LogP contribution in [-0.2, 0) is 4.74 Å². The van der Waals surface area contributed by atoms with Crippen molar-refractivity contribution in [2.24, 2.45) is 0 Å². The summed E-state index contributed by atoms with van der Waals surface area (Å²) in [5, 5.41) is 12.9. The number of nitrogens with one attached hydrogen (secondary N) is 1. The Morgan fingerprint density at radius 1 is 1.36 bits per heavy atom. The molecule has 1 aliphatic rings. The van der Waals surface area contributed by atoms with Crippen LogP contribution < -0.4 is 5.32 Å². The van der Waals surface area contributed by atoms with E-state index in [4.69, 9.17) is 4.74 Å². The number of para-hydroxylation sites is 1. The molecule has 0 bridgehead atoms. The lowest BCUT2D eigenvalue weighted by molar-refractivity contribution is 0.0652. The average molecular weight is 193 g/mol. The fourth-order valence-corrected chi connectivity index (χ4v) is 1.67. The van der Waals surface area contributed by atoms with Crippen molar-refractivity contribution in [3.63, 3.8) is 0 Å². The third kappa shape index (κ3) is 2.05. The minimum absolute atomic E-state index is 0.0151. The van der Waals surface area contributed by atoms with Crippen LogP contribution in [0, 0.1) is 0 Å². The summed E-state index contributed by atoms with van der Waals surface area (Å²) in [6, 6.07) is 7.35. The highest BCUT2D eigenvalue weighted by Gasteiger charge is 2.16. The highest BCUT2D eigenvalue weighted by atomic mass is 16.5. The fourth-order valence-electron chi connectivity index (χ4n) is 1.67. The minimum atomic E-state index is -0.0151. The van der Waals surface area contributed by atoms with Crippen molar-refractivity contribution in [3.8, 4) is 5.75 Å². The van der Waals surface area contributed by atoms with Crippen molar-refractivity contribution < 1.29 is 9.84 Å². The SMILES string of the molecule is Oc1ccccc1C1CNCCCO1. The number of phenolic OH excluding ortho intramolecular Hbond substituents is 1. The van der Waals surface area contributed by atoms with Gasteiger partial charge in [0.05, 0.1) is 6.10 Å². The summed E-state index contributed by atoms with van der Waals surface area (Å²) in [5.74, 6) is 0.321. The maximum Gasteiger partial charge on any atom is 0.121 e. The molecule has 1 saturated heterocycles. The smallest absolute Gasteiger partial charge is 0.121 e.